The minimum Gasteiger partial charge on any atom is -0.376 e. The summed E-state index contributed by atoms with van der Waals surface area (Å²) < 4.78 is 7.88. The lowest BCUT2D eigenvalue weighted by atomic mass is 9.98. The number of ether oxygens (including phenoxy) is 1. The van der Waals surface area contributed by atoms with Crippen molar-refractivity contribution in [2.24, 2.45) is 0 Å². The second-order valence-electron chi connectivity index (χ2n) is 5.44. The van der Waals surface area contributed by atoms with Crippen molar-refractivity contribution in [3.05, 3.63) is 18.6 Å². The van der Waals surface area contributed by atoms with E-state index in [1.54, 1.807) is 6.20 Å². The molecule has 0 aromatic carbocycles. The number of rotatable bonds is 6. The molecule has 1 aliphatic rings. The Morgan fingerprint density at radius 2 is 2.19 bits per heavy atom. The molecule has 114 valence electrons. The largest absolute Gasteiger partial charge is 0.376 e. The van der Waals surface area contributed by atoms with Gasteiger partial charge in [-0.3, -0.25) is 0 Å². The highest BCUT2D eigenvalue weighted by atomic mass is 16.5. The average Bonchev–Trinajstić information content (AvgIpc) is 3.00. The third-order valence-corrected chi connectivity index (χ3v) is 3.93. The third-order valence-electron chi connectivity index (χ3n) is 3.93. The standard InChI is InChI=1S/C15H23N5O/c1-16-13-11-20-9-7-18-15(20)14(19-13)17-8-10-21-12-5-3-2-4-6-12/h7,9,11-12,16H,2-6,8,10H2,1H3,(H,17,19). The maximum absolute atomic E-state index is 5.92. The maximum atomic E-state index is 5.92. The summed E-state index contributed by atoms with van der Waals surface area (Å²) in [6.45, 7) is 1.46. The summed E-state index contributed by atoms with van der Waals surface area (Å²) in [7, 11) is 1.86. The van der Waals surface area contributed by atoms with Crippen LogP contribution in [0.5, 0.6) is 0 Å². The van der Waals surface area contributed by atoms with Gasteiger partial charge >= 0.3 is 0 Å². The summed E-state index contributed by atoms with van der Waals surface area (Å²) in [4.78, 5) is 8.85. The first kappa shape index (κ1) is 14.1. The van der Waals surface area contributed by atoms with Crippen LogP contribution >= 0.6 is 0 Å². The van der Waals surface area contributed by atoms with Gasteiger partial charge in [-0.25, -0.2) is 9.97 Å². The first-order valence-corrected chi connectivity index (χ1v) is 7.74. The summed E-state index contributed by atoms with van der Waals surface area (Å²) in [6, 6.07) is 0. The first-order chi connectivity index (χ1) is 10.4. The Kier molecular flexibility index (Phi) is 4.55. The quantitative estimate of drug-likeness (QED) is 0.800. The Hall–Kier alpha value is -1.82. The van der Waals surface area contributed by atoms with Crippen molar-refractivity contribution in [2.45, 2.75) is 38.2 Å². The third kappa shape index (κ3) is 3.44. The van der Waals surface area contributed by atoms with Crippen LogP contribution in [-0.4, -0.2) is 40.7 Å². The Balaban J connectivity index is 1.55. The van der Waals surface area contributed by atoms with Crippen molar-refractivity contribution in [1.29, 1.82) is 0 Å². The van der Waals surface area contributed by atoms with E-state index >= 15 is 0 Å². The predicted octanol–water partition coefficient (Wildman–Crippen LogP) is 2.53. The lowest BCUT2D eigenvalue weighted by Crippen LogP contribution is -2.21. The molecule has 21 heavy (non-hydrogen) atoms. The monoisotopic (exact) mass is 289 g/mol. The van der Waals surface area contributed by atoms with Crippen LogP contribution in [-0.2, 0) is 4.74 Å². The minimum absolute atomic E-state index is 0.448. The van der Waals surface area contributed by atoms with Gasteiger partial charge in [-0.2, -0.15) is 0 Å². The van der Waals surface area contributed by atoms with E-state index in [0.717, 1.165) is 23.8 Å². The van der Waals surface area contributed by atoms with Gasteiger partial charge in [0.05, 0.1) is 18.9 Å². The number of nitrogens with one attached hydrogen (secondary N) is 2. The SMILES string of the molecule is CNc1cn2ccnc2c(NCCOC2CCCCC2)n1. The Labute approximate surface area is 124 Å². The molecule has 0 bridgehead atoms. The van der Waals surface area contributed by atoms with Crippen LogP contribution in [0.3, 0.4) is 0 Å². The van der Waals surface area contributed by atoms with Crippen LogP contribution in [0.4, 0.5) is 11.6 Å². The van der Waals surface area contributed by atoms with Gasteiger partial charge in [0.1, 0.15) is 5.82 Å². The number of imidazole rings is 1. The van der Waals surface area contributed by atoms with Gasteiger partial charge in [0, 0.05) is 26.0 Å². The molecule has 6 nitrogen and oxygen atoms in total. The number of anilines is 2. The molecule has 0 unspecified atom stereocenters. The molecule has 1 aliphatic carbocycles. The van der Waals surface area contributed by atoms with Crippen molar-refractivity contribution in [3.8, 4) is 0 Å². The molecule has 0 saturated heterocycles. The minimum atomic E-state index is 0.448. The zero-order chi connectivity index (χ0) is 14.5. The molecule has 2 aromatic heterocycles. The molecule has 0 aliphatic heterocycles. The fourth-order valence-corrected chi connectivity index (χ4v) is 2.80. The molecule has 2 heterocycles. The second-order valence-corrected chi connectivity index (χ2v) is 5.44. The van der Waals surface area contributed by atoms with Crippen LogP contribution < -0.4 is 10.6 Å². The predicted molar refractivity (Wildman–Crippen MR) is 83.8 cm³/mol. The molecule has 2 N–H and O–H groups in total. The van der Waals surface area contributed by atoms with Crippen LogP contribution in [0, 0.1) is 0 Å². The summed E-state index contributed by atoms with van der Waals surface area (Å²) in [5, 5.41) is 6.39. The molecule has 0 amide bonds. The van der Waals surface area contributed by atoms with Gasteiger partial charge in [-0.15, -0.1) is 0 Å². The van der Waals surface area contributed by atoms with Gasteiger partial charge in [0.15, 0.2) is 11.5 Å². The van der Waals surface area contributed by atoms with Crippen LogP contribution in [0.15, 0.2) is 18.6 Å². The van der Waals surface area contributed by atoms with Crippen molar-refractivity contribution in [3.63, 3.8) is 0 Å². The van der Waals surface area contributed by atoms with Gasteiger partial charge in [-0.05, 0) is 12.8 Å². The number of hydrogen-bond acceptors (Lipinski definition) is 5. The van der Waals surface area contributed by atoms with Gasteiger partial charge in [-0.1, -0.05) is 19.3 Å². The molecule has 0 radical (unpaired) electrons. The fraction of sp³-hybridized carbons (Fsp3) is 0.600. The molecule has 1 fully saturated rings. The number of nitrogens with zero attached hydrogens (tertiary/aromatic N) is 3. The smallest absolute Gasteiger partial charge is 0.180 e. The summed E-state index contributed by atoms with van der Waals surface area (Å²) in [6.07, 6.45) is 12.4. The Bertz CT molecular complexity index is 576. The zero-order valence-corrected chi connectivity index (χ0v) is 12.5. The van der Waals surface area contributed by atoms with Gasteiger partial charge in [0.25, 0.3) is 0 Å². The van der Waals surface area contributed by atoms with Crippen molar-refractivity contribution in [2.75, 3.05) is 30.8 Å². The fourth-order valence-electron chi connectivity index (χ4n) is 2.80. The summed E-state index contributed by atoms with van der Waals surface area (Å²) in [5.41, 5.74) is 0.840. The first-order valence-electron chi connectivity index (χ1n) is 7.74. The van der Waals surface area contributed by atoms with E-state index in [9.17, 15) is 0 Å². The Morgan fingerprint density at radius 1 is 1.33 bits per heavy atom. The molecular formula is C15H23N5O. The van der Waals surface area contributed by atoms with Crippen molar-refractivity contribution < 1.29 is 4.74 Å². The Morgan fingerprint density at radius 3 is 3.00 bits per heavy atom. The average molecular weight is 289 g/mol. The lowest BCUT2D eigenvalue weighted by Gasteiger charge is -2.22. The number of aromatic nitrogens is 3. The van der Waals surface area contributed by atoms with Crippen LogP contribution in [0.1, 0.15) is 32.1 Å². The van der Waals surface area contributed by atoms with Gasteiger partial charge < -0.3 is 19.8 Å². The van der Waals surface area contributed by atoms with E-state index < -0.39 is 0 Å². The van der Waals surface area contributed by atoms with E-state index in [2.05, 4.69) is 20.6 Å². The summed E-state index contributed by atoms with van der Waals surface area (Å²) >= 11 is 0. The molecule has 0 spiro atoms. The number of hydrogen-bond donors (Lipinski definition) is 2. The van der Waals surface area contributed by atoms with Crippen molar-refractivity contribution >= 4 is 17.3 Å². The normalized spacial score (nSPS) is 16.2. The summed E-state index contributed by atoms with van der Waals surface area (Å²) in [5.74, 6) is 1.61. The zero-order valence-electron chi connectivity index (χ0n) is 12.5. The second kappa shape index (κ2) is 6.76. The van der Waals surface area contributed by atoms with Crippen molar-refractivity contribution in [1.82, 2.24) is 14.4 Å². The highest BCUT2D eigenvalue weighted by molar-refractivity contribution is 5.65. The topological polar surface area (TPSA) is 63.5 Å². The molecule has 1 saturated carbocycles. The van der Waals surface area contributed by atoms with Crippen LogP contribution in [0.25, 0.3) is 5.65 Å². The highest BCUT2D eigenvalue weighted by Crippen LogP contribution is 2.20. The molecule has 3 rings (SSSR count). The van der Waals surface area contributed by atoms with Crippen LogP contribution in [0.2, 0.25) is 0 Å². The highest BCUT2D eigenvalue weighted by Gasteiger charge is 2.13. The van der Waals surface area contributed by atoms with E-state index in [1.807, 2.05) is 23.8 Å². The maximum Gasteiger partial charge on any atom is 0.180 e. The van der Waals surface area contributed by atoms with E-state index in [-0.39, 0.29) is 0 Å². The van der Waals surface area contributed by atoms with E-state index in [4.69, 9.17) is 4.74 Å². The molecule has 6 heteroatoms. The lowest BCUT2D eigenvalue weighted by molar-refractivity contribution is 0.0347. The number of fused-ring (bicyclic) bond motifs is 1. The van der Waals surface area contributed by atoms with Gasteiger partial charge in [0.2, 0.25) is 0 Å². The molecule has 0 atom stereocenters. The van der Waals surface area contributed by atoms with E-state index in [1.165, 1.54) is 32.1 Å². The molecular weight excluding hydrogens is 266 g/mol. The molecule has 2 aromatic rings. The van der Waals surface area contributed by atoms with E-state index in [0.29, 0.717) is 12.7 Å².